The fourth-order valence-corrected chi connectivity index (χ4v) is 3.30. The van der Waals surface area contributed by atoms with Crippen LogP contribution in [0.5, 0.6) is 0 Å². The second kappa shape index (κ2) is 7.09. The van der Waals surface area contributed by atoms with E-state index >= 15 is 0 Å². The lowest BCUT2D eigenvalue weighted by molar-refractivity contribution is -0.126. The smallest absolute Gasteiger partial charge is 0.227 e. The van der Waals surface area contributed by atoms with Crippen molar-refractivity contribution in [2.24, 2.45) is 5.92 Å². The fourth-order valence-electron chi connectivity index (χ4n) is 3.30. The van der Waals surface area contributed by atoms with E-state index in [1.165, 1.54) is 5.56 Å². The van der Waals surface area contributed by atoms with E-state index in [2.05, 4.69) is 11.4 Å². The summed E-state index contributed by atoms with van der Waals surface area (Å²) in [5.74, 6) is -0.329. The number of hydrogen-bond acceptors (Lipinski definition) is 2. The Labute approximate surface area is 148 Å². The Morgan fingerprint density at radius 3 is 2.68 bits per heavy atom. The van der Waals surface area contributed by atoms with Crippen LogP contribution in [0.15, 0.2) is 42.5 Å². The van der Waals surface area contributed by atoms with Crippen LogP contribution in [0.1, 0.15) is 28.7 Å². The molecule has 25 heavy (non-hydrogen) atoms. The molecule has 0 unspecified atom stereocenters. The lowest BCUT2D eigenvalue weighted by atomic mass is 10.1. The molecule has 0 aromatic heterocycles. The summed E-state index contributed by atoms with van der Waals surface area (Å²) in [6, 6.07) is 14.0. The Morgan fingerprint density at radius 1 is 1.16 bits per heavy atom. The molecule has 0 radical (unpaired) electrons. The number of amides is 2. The third kappa shape index (κ3) is 3.73. The predicted octanol–water partition coefficient (Wildman–Crippen LogP) is 3.28. The first-order valence-corrected chi connectivity index (χ1v) is 8.65. The van der Waals surface area contributed by atoms with Crippen LogP contribution in [-0.4, -0.2) is 18.4 Å². The van der Waals surface area contributed by atoms with E-state index in [1.54, 1.807) is 4.90 Å². The van der Waals surface area contributed by atoms with Gasteiger partial charge in [0.2, 0.25) is 11.8 Å². The molecular weight excluding hydrogens is 312 g/mol. The summed E-state index contributed by atoms with van der Waals surface area (Å²) in [6.07, 6.45) is 0.271. The standard InChI is InChI=1S/C21H24N2O2/c1-14-6-4-8-17(10-14)12-22-21(25)18-11-20(24)23(13-18)19-9-5-7-15(2)16(19)3/h4-10,18H,11-13H2,1-3H3,(H,22,25)/t18-/m0/s1. The first kappa shape index (κ1) is 17.2. The van der Waals surface area contributed by atoms with Crippen molar-refractivity contribution in [3.05, 3.63) is 64.7 Å². The molecule has 0 saturated carbocycles. The van der Waals surface area contributed by atoms with Gasteiger partial charge in [0.25, 0.3) is 0 Å². The number of benzene rings is 2. The van der Waals surface area contributed by atoms with Crippen molar-refractivity contribution in [2.45, 2.75) is 33.7 Å². The van der Waals surface area contributed by atoms with Gasteiger partial charge in [-0.05, 0) is 43.5 Å². The van der Waals surface area contributed by atoms with Crippen molar-refractivity contribution in [1.29, 1.82) is 0 Å². The number of rotatable bonds is 4. The predicted molar refractivity (Wildman–Crippen MR) is 99.4 cm³/mol. The summed E-state index contributed by atoms with van der Waals surface area (Å²) < 4.78 is 0. The highest BCUT2D eigenvalue weighted by molar-refractivity contribution is 6.00. The number of hydrogen-bond donors (Lipinski definition) is 1. The Bertz CT molecular complexity index is 813. The van der Waals surface area contributed by atoms with E-state index in [0.717, 1.165) is 22.4 Å². The molecular formula is C21H24N2O2. The van der Waals surface area contributed by atoms with Gasteiger partial charge in [-0.2, -0.15) is 0 Å². The second-order valence-corrected chi connectivity index (χ2v) is 6.83. The van der Waals surface area contributed by atoms with Crippen LogP contribution < -0.4 is 10.2 Å². The van der Waals surface area contributed by atoms with Gasteiger partial charge < -0.3 is 10.2 Å². The van der Waals surface area contributed by atoms with Crippen LogP contribution in [0.2, 0.25) is 0 Å². The average Bonchev–Trinajstić information content (AvgIpc) is 2.97. The van der Waals surface area contributed by atoms with E-state index in [9.17, 15) is 9.59 Å². The third-order valence-electron chi connectivity index (χ3n) is 4.91. The SMILES string of the molecule is Cc1cccc(CNC(=O)[C@H]2CC(=O)N(c3cccc(C)c3C)C2)c1. The van der Waals surface area contributed by atoms with Crippen molar-refractivity contribution in [1.82, 2.24) is 5.32 Å². The van der Waals surface area contributed by atoms with E-state index < -0.39 is 0 Å². The van der Waals surface area contributed by atoms with Crippen LogP contribution in [0.3, 0.4) is 0 Å². The lowest BCUT2D eigenvalue weighted by Gasteiger charge is -2.20. The summed E-state index contributed by atoms with van der Waals surface area (Å²) in [5, 5.41) is 2.97. The number of nitrogens with zero attached hydrogens (tertiary/aromatic N) is 1. The van der Waals surface area contributed by atoms with E-state index in [1.807, 2.05) is 57.2 Å². The third-order valence-corrected chi connectivity index (χ3v) is 4.91. The second-order valence-electron chi connectivity index (χ2n) is 6.83. The molecule has 1 atom stereocenters. The molecule has 2 aromatic carbocycles. The van der Waals surface area contributed by atoms with Crippen molar-refractivity contribution in [2.75, 3.05) is 11.4 Å². The topological polar surface area (TPSA) is 49.4 Å². The highest BCUT2D eigenvalue weighted by atomic mass is 16.2. The van der Waals surface area contributed by atoms with Gasteiger partial charge in [0.05, 0.1) is 5.92 Å². The molecule has 1 aliphatic heterocycles. The number of carbonyl (C=O) groups is 2. The van der Waals surface area contributed by atoms with E-state index in [4.69, 9.17) is 0 Å². The molecule has 130 valence electrons. The van der Waals surface area contributed by atoms with Gasteiger partial charge in [-0.3, -0.25) is 9.59 Å². The number of aryl methyl sites for hydroxylation is 2. The number of carbonyl (C=O) groups excluding carboxylic acids is 2. The van der Waals surface area contributed by atoms with Crippen molar-refractivity contribution >= 4 is 17.5 Å². The maximum atomic E-state index is 12.5. The van der Waals surface area contributed by atoms with Gasteiger partial charge in [0.15, 0.2) is 0 Å². The van der Waals surface area contributed by atoms with Crippen LogP contribution in [0.4, 0.5) is 5.69 Å². The van der Waals surface area contributed by atoms with Crippen molar-refractivity contribution < 1.29 is 9.59 Å². The number of anilines is 1. The summed E-state index contributed by atoms with van der Waals surface area (Å²) in [5.41, 5.74) is 5.40. The van der Waals surface area contributed by atoms with Gasteiger partial charge >= 0.3 is 0 Å². The summed E-state index contributed by atoms with van der Waals surface area (Å²) in [6.45, 7) is 7.02. The van der Waals surface area contributed by atoms with E-state index in [-0.39, 0.29) is 24.2 Å². The fraction of sp³-hybridized carbons (Fsp3) is 0.333. The van der Waals surface area contributed by atoms with Crippen molar-refractivity contribution in [3.63, 3.8) is 0 Å². The molecule has 1 aliphatic rings. The molecule has 2 amide bonds. The molecule has 2 aromatic rings. The average molecular weight is 336 g/mol. The monoisotopic (exact) mass is 336 g/mol. The Balaban J connectivity index is 1.65. The number of nitrogens with one attached hydrogen (secondary N) is 1. The molecule has 0 bridgehead atoms. The minimum atomic E-state index is -0.294. The lowest BCUT2D eigenvalue weighted by Crippen LogP contribution is -2.32. The normalized spacial score (nSPS) is 17.0. The van der Waals surface area contributed by atoms with Gasteiger partial charge in [0, 0.05) is 25.2 Å². The van der Waals surface area contributed by atoms with Crippen LogP contribution in [0, 0.1) is 26.7 Å². The van der Waals surface area contributed by atoms with Gasteiger partial charge in [0.1, 0.15) is 0 Å². The van der Waals surface area contributed by atoms with Crippen molar-refractivity contribution in [3.8, 4) is 0 Å². The zero-order chi connectivity index (χ0) is 18.0. The minimum Gasteiger partial charge on any atom is -0.352 e. The van der Waals surface area contributed by atoms with Gasteiger partial charge in [-0.15, -0.1) is 0 Å². The molecule has 4 nitrogen and oxygen atoms in total. The molecule has 1 fully saturated rings. The van der Waals surface area contributed by atoms with E-state index in [0.29, 0.717) is 13.1 Å². The maximum absolute atomic E-state index is 12.5. The first-order valence-electron chi connectivity index (χ1n) is 8.65. The molecule has 0 spiro atoms. The van der Waals surface area contributed by atoms with Gasteiger partial charge in [-0.1, -0.05) is 42.0 Å². The highest BCUT2D eigenvalue weighted by Gasteiger charge is 2.35. The van der Waals surface area contributed by atoms with Crippen LogP contribution in [0.25, 0.3) is 0 Å². The molecule has 4 heteroatoms. The summed E-state index contributed by atoms with van der Waals surface area (Å²) in [7, 11) is 0. The highest BCUT2D eigenvalue weighted by Crippen LogP contribution is 2.29. The summed E-state index contributed by atoms with van der Waals surface area (Å²) >= 11 is 0. The first-order chi connectivity index (χ1) is 12.0. The summed E-state index contributed by atoms with van der Waals surface area (Å²) in [4.78, 5) is 26.7. The molecule has 1 heterocycles. The molecule has 0 aliphatic carbocycles. The Kier molecular flexibility index (Phi) is 4.88. The zero-order valence-corrected chi connectivity index (χ0v) is 15.0. The largest absolute Gasteiger partial charge is 0.352 e. The minimum absolute atomic E-state index is 0.0180. The van der Waals surface area contributed by atoms with Gasteiger partial charge in [-0.25, -0.2) is 0 Å². The Morgan fingerprint density at radius 2 is 1.92 bits per heavy atom. The molecule has 1 N–H and O–H groups in total. The zero-order valence-electron chi connectivity index (χ0n) is 15.0. The van der Waals surface area contributed by atoms with Crippen LogP contribution >= 0.6 is 0 Å². The quantitative estimate of drug-likeness (QED) is 0.931. The molecule has 1 saturated heterocycles. The maximum Gasteiger partial charge on any atom is 0.227 e. The van der Waals surface area contributed by atoms with Crippen LogP contribution in [-0.2, 0) is 16.1 Å². The molecule has 3 rings (SSSR count). The Hall–Kier alpha value is -2.62.